The molecule has 0 spiro atoms. The molecule has 1 saturated heterocycles. The third kappa shape index (κ3) is 3.71. The van der Waals surface area contributed by atoms with Gasteiger partial charge in [0.15, 0.2) is 0 Å². The van der Waals surface area contributed by atoms with Gasteiger partial charge in [0.2, 0.25) is 5.91 Å². The molecule has 3 N–H and O–H groups in total. The number of oxazole rings is 1. The van der Waals surface area contributed by atoms with Crippen LogP contribution in [-0.2, 0) is 5.41 Å². The maximum Gasteiger partial charge on any atom is 0.311 e. The SMILES string of the molecule is CC(C)(C)c1coc(C(=O)Nc2cc(C(N)=O)ccc2N2CCCC2)n1. The van der Waals surface area contributed by atoms with E-state index in [1.165, 1.54) is 6.26 Å². The number of anilines is 2. The fourth-order valence-electron chi connectivity index (χ4n) is 2.92. The number of carbonyl (C=O) groups is 2. The van der Waals surface area contributed by atoms with Crippen molar-refractivity contribution in [2.75, 3.05) is 23.3 Å². The molecule has 1 aromatic carbocycles. The molecule has 0 aliphatic carbocycles. The highest BCUT2D eigenvalue weighted by molar-refractivity contribution is 6.04. The Morgan fingerprint density at radius 3 is 2.50 bits per heavy atom. The van der Waals surface area contributed by atoms with Crippen molar-refractivity contribution in [1.82, 2.24) is 4.98 Å². The lowest BCUT2D eigenvalue weighted by Gasteiger charge is -2.21. The van der Waals surface area contributed by atoms with E-state index >= 15 is 0 Å². The predicted octanol–water partition coefficient (Wildman–Crippen LogP) is 2.92. The number of hydrogen-bond donors (Lipinski definition) is 2. The molecule has 0 radical (unpaired) electrons. The molecule has 2 aromatic rings. The van der Waals surface area contributed by atoms with Gasteiger partial charge in [0.05, 0.1) is 17.1 Å². The van der Waals surface area contributed by atoms with E-state index in [4.69, 9.17) is 10.2 Å². The summed E-state index contributed by atoms with van der Waals surface area (Å²) in [6.07, 6.45) is 3.69. The third-order valence-corrected chi connectivity index (χ3v) is 4.44. The molecule has 2 heterocycles. The molecule has 7 nitrogen and oxygen atoms in total. The van der Waals surface area contributed by atoms with Gasteiger partial charge in [-0.2, -0.15) is 0 Å². The van der Waals surface area contributed by atoms with Crippen LogP contribution in [0.1, 0.15) is 60.4 Å². The van der Waals surface area contributed by atoms with E-state index in [2.05, 4.69) is 15.2 Å². The summed E-state index contributed by atoms with van der Waals surface area (Å²) in [7, 11) is 0. The van der Waals surface area contributed by atoms with Crippen molar-refractivity contribution in [3.8, 4) is 0 Å². The van der Waals surface area contributed by atoms with Gasteiger partial charge in [0.1, 0.15) is 6.26 Å². The van der Waals surface area contributed by atoms with Gasteiger partial charge in [0.25, 0.3) is 5.89 Å². The highest BCUT2D eigenvalue weighted by atomic mass is 16.4. The lowest BCUT2D eigenvalue weighted by atomic mass is 9.93. The van der Waals surface area contributed by atoms with Crippen LogP contribution in [0, 0.1) is 0 Å². The zero-order valence-electron chi connectivity index (χ0n) is 15.3. The second kappa shape index (κ2) is 6.82. The van der Waals surface area contributed by atoms with Gasteiger partial charge in [-0.25, -0.2) is 4.98 Å². The normalized spacial score (nSPS) is 14.5. The van der Waals surface area contributed by atoms with Crippen LogP contribution < -0.4 is 16.0 Å². The molecule has 7 heteroatoms. The Labute approximate surface area is 152 Å². The van der Waals surface area contributed by atoms with Crippen LogP contribution in [0.5, 0.6) is 0 Å². The summed E-state index contributed by atoms with van der Waals surface area (Å²) in [4.78, 5) is 30.6. The van der Waals surface area contributed by atoms with E-state index in [-0.39, 0.29) is 11.3 Å². The molecule has 0 atom stereocenters. The predicted molar refractivity (Wildman–Crippen MR) is 99.6 cm³/mol. The van der Waals surface area contributed by atoms with E-state index in [1.54, 1.807) is 12.1 Å². The average molecular weight is 356 g/mol. The first-order valence-electron chi connectivity index (χ1n) is 8.72. The second-order valence-corrected chi connectivity index (χ2v) is 7.53. The molecule has 0 saturated carbocycles. The van der Waals surface area contributed by atoms with Crippen molar-refractivity contribution >= 4 is 23.2 Å². The number of amides is 2. The molecule has 1 aliphatic rings. The summed E-state index contributed by atoms with van der Waals surface area (Å²) in [5, 5.41) is 2.82. The van der Waals surface area contributed by atoms with Crippen LogP contribution in [-0.4, -0.2) is 29.9 Å². The Balaban J connectivity index is 1.89. The zero-order chi connectivity index (χ0) is 18.9. The monoisotopic (exact) mass is 356 g/mol. The number of benzene rings is 1. The van der Waals surface area contributed by atoms with Crippen molar-refractivity contribution in [2.24, 2.45) is 5.73 Å². The number of rotatable bonds is 4. The smallest absolute Gasteiger partial charge is 0.311 e. The molecule has 0 bridgehead atoms. The Kier molecular flexibility index (Phi) is 4.71. The molecule has 0 unspecified atom stereocenters. The Morgan fingerprint density at radius 1 is 1.23 bits per heavy atom. The topological polar surface area (TPSA) is 101 Å². The Hall–Kier alpha value is -2.83. The zero-order valence-corrected chi connectivity index (χ0v) is 15.3. The van der Waals surface area contributed by atoms with E-state index in [0.717, 1.165) is 31.6 Å². The quantitative estimate of drug-likeness (QED) is 0.877. The number of nitrogens with zero attached hydrogens (tertiary/aromatic N) is 2. The van der Waals surface area contributed by atoms with E-state index in [1.807, 2.05) is 26.8 Å². The summed E-state index contributed by atoms with van der Waals surface area (Å²) in [5.41, 5.74) is 7.61. The molecule has 1 aromatic heterocycles. The first-order chi connectivity index (χ1) is 12.3. The van der Waals surface area contributed by atoms with Gasteiger partial charge < -0.3 is 20.4 Å². The Morgan fingerprint density at radius 2 is 1.92 bits per heavy atom. The minimum absolute atomic E-state index is 0.00762. The molecule has 138 valence electrons. The first kappa shape index (κ1) is 18.0. The summed E-state index contributed by atoms with van der Waals surface area (Å²) in [5.74, 6) is -1.01. The van der Waals surface area contributed by atoms with Crippen molar-refractivity contribution in [3.05, 3.63) is 41.6 Å². The molecular formula is C19H24N4O3. The van der Waals surface area contributed by atoms with Crippen molar-refractivity contribution < 1.29 is 14.0 Å². The molecule has 3 rings (SSSR count). The van der Waals surface area contributed by atoms with Crippen LogP contribution >= 0.6 is 0 Å². The van der Waals surface area contributed by atoms with E-state index in [9.17, 15) is 9.59 Å². The van der Waals surface area contributed by atoms with Crippen molar-refractivity contribution in [2.45, 2.75) is 39.0 Å². The fraction of sp³-hybridized carbons (Fsp3) is 0.421. The van der Waals surface area contributed by atoms with Gasteiger partial charge in [-0.05, 0) is 31.0 Å². The number of aromatic nitrogens is 1. The number of carbonyl (C=O) groups excluding carboxylic acids is 2. The largest absolute Gasteiger partial charge is 0.441 e. The second-order valence-electron chi connectivity index (χ2n) is 7.53. The van der Waals surface area contributed by atoms with Gasteiger partial charge >= 0.3 is 5.91 Å². The maximum atomic E-state index is 12.6. The minimum Gasteiger partial charge on any atom is -0.441 e. The molecular weight excluding hydrogens is 332 g/mol. The minimum atomic E-state index is -0.542. The lowest BCUT2D eigenvalue weighted by Crippen LogP contribution is -2.22. The van der Waals surface area contributed by atoms with Gasteiger partial charge in [0, 0.05) is 24.1 Å². The summed E-state index contributed by atoms with van der Waals surface area (Å²) >= 11 is 0. The fourth-order valence-corrected chi connectivity index (χ4v) is 2.92. The van der Waals surface area contributed by atoms with Gasteiger partial charge in [-0.15, -0.1) is 0 Å². The highest BCUT2D eigenvalue weighted by Gasteiger charge is 2.23. The van der Waals surface area contributed by atoms with Gasteiger partial charge in [-0.3, -0.25) is 9.59 Å². The van der Waals surface area contributed by atoms with Crippen LogP contribution in [0.2, 0.25) is 0 Å². The number of nitrogens with one attached hydrogen (secondary N) is 1. The van der Waals surface area contributed by atoms with Crippen LogP contribution in [0.25, 0.3) is 0 Å². The lowest BCUT2D eigenvalue weighted by molar-refractivity contribution is 0.0984. The molecule has 1 fully saturated rings. The number of primary amides is 1. The maximum absolute atomic E-state index is 12.6. The van der Waals surface area contributed by atoms with E-state index in [0.29, 0.717) is 16.9 Å². The Bertz CT molecular complexity index is 830. The van der Waals surface area contributed by atoms with Gasteiger partial charge in [-0.1, -0.05) is 20.8 Å². The van der Waals surface area contributed by atoms with Crippen LogP contribution in [0.15, 0.2) is 28.9 Å². The molecule has 26 heavy (non-hydrogen) atoms. The van der Waals surface area contributed by atoms with Crippen molar-refractivity contribution in [3.63, 3.8) is 0 Å². The molecule has 1 aliphatic heterocycles. The van der Waals surface area contributed by atoms with Crippen LogP contribution in [0.4, 0.5) is 11.4 Å². The first-order valence-corrected chi connectivity index (χ1v) is 8.72. The highest BCUT2D eigenvalue weighted by Crippen LogP contribution is 2.30. The summed E-state index contributed by atoms with van der Waals surface area (Å²) < 4.78 is 5.34. The standard InChI is InChI=1S/C19H24N4O3/c1-19(2,3)15-11-26-18(22-15)17(25)21-13-10-12(16(20)24)6-7-14(13)23-8-4-5-9-23/h6-7,10-11H,4-5,8-9H2,1-3H3,(H2,20,24)(H,21,25). The number of hydrogen-bond acceptors (Lipinski definition) is 5. The molecule has 2 amide bonds. The average Bonchev–Trinajstić information content (AvgIpc) is 3.26. The summed E-state index contributed by atoms with van der Waals surface area (Å²) in [6, 6.07) is 5.09. The van der Waals surface area contributed by atoms with Crippen LogP contribution in [0.3, 0.4) is 0 Å². The van der Waals surface area contributed by atoms with Crippen molar-refractivity contribution in [1.29, 1.82) is 0 Å². The third-order valence-electron chi connectivity index (χ3n) is 4.44. The number of nitrogens with two attached hydrogens (primary N) is 1. The van der Waals surface area contributed by atoms with E-state index < -0.39 is 11.8 Å². The summed E-state index contributed by atoms with van der Waals surface area (Å²) in [6.45, 7) is 7.80.